The van der Waals surface area contributed by atoms with Crippen molar-refractivity contribution < 1.29 is 14.6 Å². The van der Waals surface area contributed by atoms with Crippen LogP contribution in [0.3, 0.4) is 0 Å². The van der Waals surface area contributed by atoms with E-state index < -0.39 is 0 Å². The van der Waals surface area contributed by atoms with Crippen molar-refractivity contribution in [3.05, 3.63) is 30.4 Å². The Hall–Kier alpha value is -1.68. The first kappa shape index (κ1) is 10.8. The summed E-state index contributed by atoms with van der Waals surface area (Å²) < 4.78 is 10.4. The van der Waals surface area contributed by atoms with Crippen LogP contribution in [0.15, 0.2) is 24.8 Å². The Bertz CT molecular complexity index is 390. The lowest BCUT2D eigenvalue weighted by Crippen LogP contribution is -2.14. The minimum absolute atomic E-state index is 0.224. The van der Waals surface area contributed by atoms with E-state index in [1.54, 1.807) is 12.1 Å². The van der Waals surface area contributed by atoms with Crippen molar-refractivity contribution in [2.45, 2.75) is 13.0 Å². The zero-order valence-corrected chi connectivity index (χ0v) is 9.03. The quantitative estimate of drug-likeness (QED) is 0.588. The number of rotatable bonds is 5. The number of aromatic hydroxyl groups is 1. The van der Waals surface area contributed by atoms with Gasteiger partial charge in [0.1, 0.15) is 5.75 Å². The van der Waals surface area contributed by atoms with Gasteiger partial charge >= 0.3 is 0 Å². The second-order valence-corrected chi connectivity index (χ2v) is 3.59. The number of phenolic OH excluding ortho intramolecular Hbond substituents is 1. The standard InChI is InChI=1S/C12H15NO3/c1-2-3-4-13-7-9-5-11-12(6-10(9)14)16-8-15-11/h2,5-6,13-14H,1,3-4,7-8H2. The summed E-state index contributed by atoms with van der Waals surface area (Å²) in [7, 11) is 0. The highest BCUT2D eigenvalue weighted by Crippen LogP contribution is 2.37. The van der Waals surface area contributed by atoms with Gasteiger partial charge in [0, 0.05) is 18.2 Å². The van der Waals surface area contributed by atoms with E-state index in [4.69, 9.17) is 9.47 Å². The molecular weight excluding hydrogens is 206 g/mol. The minimum Gasteiger partial charge on any atom is -0.507 e. The van der Waals surface area contributed by atoms with Gasteiger partial charge in [0.15, 0.2) is 11.5 Å². The third-order valence-electron chi connectivity index (χ3n) is 2.41. The van der Waals surface area contributed by atoms with Gasteiger partial charge in [0.25, 0.3) is 0 Å². The molecule has 0 spiro atoms. The average molecular weight is 221 g/mol. The van der Waals surface area contributed by atoms with E-state index in [9.17, 15) is 5.11 Å². The highest BCUT2D eigenvalue weighted by molar-refractivity contribution is 5.51. The third-order valence-corrected chi connectivity index (χ3v) is 2.41. The summed E-state index contributed by atoms with van der Waals surface area (Å²) in [5, 5.41) is 12.9. The maximum atomic E-state index is 9.74. The van der Waals surface area contributed by atoms with E-state index in [1.807, 2.05) is 6.08 Å². The maximum absolute atomic E-state index is 9.74. The van der Waals surface area contributed by atoms with Crippen molar-refractivity contribution in [1.29, 1.82) is 0 Å². The van der Waals surface area contributed by atoms with Crippen LogP contribution >= 0.6 is 0 Å². The molecule has 1 aliphatic rings. The number of benzene rings is 1. The summed E-state index contributed by atoms with van der Waals surface area (Å²) in [6, 6.07) is 3.39. The van der Waals surface area contributed by atoms with Crippen LogP contribution in [0, 0.1) is 0 Å². The molecular formula is C12H15NO3. The molecule has 0 radical (unpaired) electrons. The molecule has 2 N–H and O–H groups in total. The summed E-state index contributed by atoms with van der Waals surface area (Å²) in [5.74, 6) is 1.53. The van der Waals surface area contributed by atoms with Crippen LogP contribution in [-0.2, 0) is 6.54 Å². The predicted octanol–water partition coefficient (Wildman–Crippen LogP) is 1.79. The van der Waals surface area contributed by atoms with Crippen molar-refractivity contribution in [1.82, 2.24) is 5.32 Å². The van der Waals surface area contributed by atoms with Crippen molar-refractivity contribution in [2.75, 3.05) is 13.3 Å². The Labute approximate surface area is 94.5 Å². The van der Waals surface area contributed by atoms with Crippen LogP contribution < -0.4 is 14.8 Å². The molecule has 0 amide bonds. The fraction of sp³-hybridized carbons (Fsp3) is 0.333. The molecule has 2 rings (SSSR count). The first-order valence-electron chi connectivity index (χ1n) is 5.24. The molecule has 0 aromatic heterocycles. The van der Waals surface area contributed by atoms with Crippen molar-refractivity contribution in [3.63, 3.8) is 0 Å². The first-order chi connectivity index (χ1) is 7.81. The fourth-order valence-electron chi connectivity index (χ4n) is 1.54. The normalized spacial score (nSPS) is 12.8. The van der Waals surface area contributed by atoms with Crippen molar-refractivity contribution in [2.24, 2.45) is 0 Å². The van der Waals surface area contributed by atoms with Gasteiger partial charge in [-0.05, 0) is 19.0 Å². The molecule has 1 aliphatic heterocycles. The molecule has 0 fully saturated rings. The molecule has 4 heteroatoms. The molecule has 0 unspecified atom stereocenters. The second kappa shape index (κ2) is 4.90. The smallest absolute Gasteiger partial charge is 0.231 e. The SMILES string of the molecule is C=CCCNCc1cc2c(cc1O)OCO2. The van der Waals surface area contributed by atoms with Crippen LogP contribution in [0.2, 0.25) is 0 Å². The van der Waals surface area contributed by atoms with Crippen LogP contribution in [0.5, 0.6) is 17.2 Å². The molecule has 0 atom stereocenters. The summed E-state index contributed by atoms with van der Waals surface area (Å²) in [5.41, 5.74) is 0.813. The lowest BCUT2D eigenvalue weighted by molar-refractivity contribution is 0.174. The number of ether oxygens (including phenoxy) is 2. The topological polar surface area (TPSA) is 50.7 Å². The molecule has 0 saturated heterocycles. The Kier molecular flexibility index (Phi) is 3.31. The third kappa shape index (κ3) is 2.28. The molecule has 4 nitrogen and oxygen atoms in total. The lowest BCUT2D eigenvalue weighted by atomic mass is 10.1. The van der Waals surface area contributed by atoms with E-state index in [2.05, 4.69) is 11.9 Å². The second-order valence-electron chi connectivity index (χ2n) is 3.59. The highest BCUT2D eigenvalue weighted by Gasteiger charge is 2.16. The molecule has 0 bridgehead atoms. The Morgan fingerprint density at radius 1 is 1.38 bits per heavy atom. The maximum Gasteiger partial charge on any atom is 0.231 e. The average Bonchev–Trinajstić information content (AvgIpc) is 2.71. The number of phenols is 1. The van der Waals surface area contributed by atoms with E-state index in [0.29, 0.717) is 18.0 Å². The summed E-state index contributed by atoms with van der Waals surface area (Å²) >= 11 is 0. The number of hydrogen-bond acceptors (Lipinski definition) is 4. The zero-order chi connectivity index (χ0) is 11.4. The number of fused-ring (bicyclic) bond motifs is 1. The monoisotopic (exact) mass is 221 g/mol. The fourth-order valence-corrected chi connectivity index (χ4v) is 1.54. The minimum atomic E-state index is 0.224. The van der Waals surface area contributed by atoms with Gasteiger partial charge in [-0.1, -0.05) is 6.08 Å². The molecule has 0 saturated carbocycles. The molecule has 0 aliphatic carbocycles. The molecule has 1 aromatic carbocycles. The summed E-state index contributed by atoms with van der Waals surface area (Å²) in [4.78, 5) is 0. The van der Waals surface area contributed by atoms with Crippen LogP contribution in [-0.4, -0.2) is 18.4 Å². The van der Waals surface area contributed by atoms with E-state index in [-0.39, 0.29) is 12.5 Å². The Morgan fingerprint density at radius 2 is 2.12 bits per heavy atom. The van der Waals surface area contributed by atoms with Gasteiger partial charge in [-0.25, -0.2) is 0 Å². The van der Waals surface area contributed by atoms with Crippen LogP contribution in [0.4, 0.5) is 0 Å². The van der Waals surface area contributed by atoms with Gasteiger partial charge in [0.2, 0.25) is 6.79 Å². The zero-order valence-electron chi connectivity index (χ0n) is 9.03. The lowest BCUT2D eigenvalue weighted by Gasteiger charge is -2.07. The van der Waals surface area contributed by atoms with E-state index in [0.717, 1.165) is 18.5 Å². The molecule has 1 aromatic rings. The van der Waals surface area contributed by atoms with Gasteiger partial charge in [-0.3, -0.25) is 0 Å². The van der Waals surface area contributed by atoms with Gasteiger partial charge in [0.05, 0.1) is 0 Å². The van der Waals surface area contributed by atoms with Crippen LogP contribution in [0.1, 0.15) is 12.0 Å². The molecule has 86 valence electrons. The molecule has 16 heavy (non-hydrogen) atoms. The highest BCUT2D eigenvalue weighted by atomic mass is 16.7. The van der Waals surface area contributed by atoms with E-state index in [1.165, 1.54) is 0 Å². The predicted molar refractivity (Wildman–Crippen MR) is 60.8 cm³/mol. The van der Waals surface area contributed by atoms with Gasteiger partial charge in [-0.15, -0.1) is 6.58 Å². The Balaban J connectivity index is 2.01. The first-order valence-corrected chi connectivity index (χ1v) is 5.24. The van der Waals surface area contributed by atoms with Gasteiger partial charge in [-0.2, -0.15) is 0 Å². The van der Waals surface area contributed by atoms with Crippen molar-refractivity contribution >= 4 is 0 Å². The van der Waals surface area contributed by atoms with Crippen LogP contribution in [0.25, 0.3) is 0 Å². The number of hydrogen-bond donors (Lipinski definition) is 2. The number of nitrogens with one attached hydrogen (secondary N) is 1. The van der Waals surface area contributed by atoms with Crippen molar-refractivity contribution in [3.8, 4) is 17.2 Å². The van der Waals surface area contributed by atoms with Gasteiger partial charge < -0.3 is 19.9 Å². The summed E-state index contributed by atoms with van der Waals surface area (Å²) in [6.07, 6.45) is 2.76. The van der Waals surface area contributed by atoms with E-state index >= 15 is 0 Å². The molecule has 1 heterocycles. The Morgan fingerprint density at radius 3 is 2.88 bits per heavy atom. The largest absolute Gasteiger partial charge is 0.507 e. The summed E-state index contributed by atoms with van der Waals surface area (Å²) in [6.45, 7) is 5.32.